The van der Waals surface area contributed by atoms with E-state index in [1.54, 1.807) is 52.0 Å². The lowest BCUT2D eigenvalue weighted by atomic mass is 9.86. The molecular formula is C47H65ClN6O11. The van der Waals surface area contributed by atoms with Gasteiger partial charge in [-0.05, 0) is 73.4 Å². The van der Waals surface area contributed by atoms with Crippen LogP contribution in [-0.4, -0.2) is 96.7 Å². The average Bonchev–Trinajstić information content (AvgIpc) is 4.03. The average molecular weight is 926 g/mol. The summed E-state index contributed by atoms with van der Waals surface area (Å²) in [7, 11) is 1.49. The highest BCUT2D eigenvalue weighted by Crippen LogP contribution is 2.45. The summed E-state index contributed by atoms with van der Waals surface area (Å²) in [6.07, 6.45) is 0.509. The molecule has 2 aliphatic heterocycles. The maximum atomic E-state index is 14.0. The molecule has 65 heavy (non-hydrogen) atoms. The summed E-state index contributed by atoms with van der Waals surface area (Å²) in [4.78, 5) is 91.5. The lowest BCUT2D eigenvalue weighted by Gasteiger charge is -2.32. The van der Waals surface area contributed by atoms with Gasteiger partial charge in [-0.3, -0.25) is 24.0 Å². The molecule has 0 aromatic heterocycles. The van der Waals surface area contributed by atoms with Crippen LogP contribution in [0.5, 0.6) is 5.75 Å². The number of hydrogen-bond donors (Lipinski definition) is 7. The van der Waals surface area contributed by atoms with E-state index in [1.807, 2.05) is 52.0 Å². The van der Waals surface area contributed by atoms with Crippen molar-refractivity contribution >= 4 is 53.2 Å². The number of carbonyl (C=O) groups is 7. The highest BCUT2D eigenvalue weighted by Gasteiger charge is 2.48. The number of carbonyl (C=O) groups excluding carboxylic acids is 6. The van der Waals surface area contributed by atoms with Crippen molar-refractivity contribution in [3.8, 4) is 5.75 Å². The molecule has 356 valence electrons. The lowest BCUT2D eigenvalue weighted by molar-refractivity contribution is -0.157. The van der Waals surface area contributed by atoms with Crippen molar-refractivity contribution < 1.29 is 52.9 Å². The van der Waals surface area contributed by atoms with Crippen LogP contribution in [0.2, 0.25) is 5.02 Å². The third kappa shape index (κ3) is 15.5. The molecule has 1 saturated heterocycles. The van der Waals surface area contributed by atoms with Crippen molar-refractivity contribution in [2.45, 2.75) is 131 Å². The molecule has 8 atom stereocenters. The second-order valence-corrected chi connectivity index (χ2v) is 19.4. The first kappa shape index (κ1) is 51.9. The Balaban J connectivity index is 1.50. The van der Waals surface area contributed by atoms with E-state index in [0.717, 1.165) is 11.1 Å². The van der Waals surface area contributed by atoms with Gasteiger partial charge in [0.15, 0.2) is 0 Å². The Kier molecular flexibility index (Phi) is 18.0. The molecule has 17 nitrogen and oxygen atoms in total. The Bertz CT molecular complexity index is 2090. The summed E-state index contributed by atoms with van der Waals surface area (Å²) in [6, 6.07) is 8.48. The number of rotatable bonds is 14. The number of carboxylic acid groups (broad SMARTS) is 1. The van der Waals surface area contributed by atoms with Crippen LogP contribution >= 0.6 is 11.6 Å². The van der Waals surface area contributed by atoms with Crippen LogP contribution < -0.4 is 36.6 Å². The molecule has 7 N–H and O–H groups in total. The van der Waals surface area contributed by atoms with Crippen molar-refractivity contribution in [3.63, 3.8) is 0 Å². The van der Waals surface area contributed by atoms with E-state index in [1.165, 1.54) is 20.1 Å². The van der Waals surface area contributed by atoms with Crippen molar-refractivity contribution in [3.05, 3.63) is 76.3 Å². The molecule has 0 saturated carbocycles. The van der Waals surface area contributed by atoms with E-state index < -0.39 is 82.7 Å². The van der Waals surface area contributed by atoms with Gasteiger partial charge in [-0.2, -0.15) is 0 Å². The molecule has 0 radical (unpaired) electrons. The number of esters is 1. The fourth-order valence-corrected chi connectivity index (χ4v) is 7.57. The summed E-state index contributed by atoms with van der Waals surface area (Å²) in [5, 5.41) is 25.4. The Labute approximate surface area is 385 Å². The highest BCUT2D eigenvalue weighted by molar-refractivity contribution is 6.32. The van der Waals surface area contributed by atoms with E-state index in [2.05, 4.69) is 31.9 Å². The number of halogens is 1. The molecule has 4 rings (SSSR count). The van der Waals surface area contributed by atoms with Crippen LogP contribution in [0.3, 0.4) is 0 Å². The topological polar surface area (TPSA) is 243 Å². The zero-order valence-electron chi connectivity index (χ0n) is 38.8. The van der Waals surface area contributed by atoms with Gasteiger partial charge >= 0.3 is 12.1 Å². The quantitative estimate of drug-likeness (QED) is 0.103. The van der Waals surface area contributed by atoms with Crippen LogP contribution in [0.15, 0.2) is 54.6 Å². The molecular weight excluding hydrogens is 860 g/mol. The number of benzene rings is 2. The van der Waals surface area contributed by atoms with Gasteiger partial charge in [-0.1, -0.05) is 89.6 Å². The number of nitrogens with one attached hydrogen (secondary N) is 6. The molecule has 3 unspecified atom stereocenters. The van der Waals surface area contributed by atoms with E-state index in [9.17, 15) is 33.6 Å². The maximum Gasteiger partial charge on any atom is 0.405 e. The summed E-state index contributed by atoms with van der Waals surface area (Å²) < 4.78 is 17.6. The first-order chi connectivity index (χ1) is 30.4. The zero-order valence-corrected chi connectivity index (χ0v) is 39.6. The molecule has 0 spiro atoms. The smallest absolute Gasteiger partial charge is 0.405 e. The third-order valence-corrected chi connectivity index (χ3v) is 11.6. The standard InChI is InChI=1S/C47H65ClN6O11/c1-25(2)37(54-45(61)62)42(58)51-27(4)40(56)49-23-28-14-17-30(18-15-28)39-38(65-39)26(3)34-12-11-13-36(55)52-32(21-29-16-19-35(63-10)31(48)20-29)41(57)50-24-47(8,9)44(60)53-33(43(59)64-34)22-46(5,6)7/h11,13-20,25-27,32-34,37-39,54H,12,21-24H2,1-10H3,(H,49,56)(H,50,57)(H,51,58)(H,52,55)(H,53,60)(H,61,62)/b13-11+/t26?,27?,32-,33+,34+,37?,38-,39-/m1/s1. The predicted octanol–water partition coefficient (Wildman–Crippen LogP) is 4.50. The Hall–Kier alpha value is -5.68. The molecule has 2 aliphatic rings. The van der Waals surface area contributed by atoms with Gasteiger partial charge < -0.3 is 51.2 Å². The summed E-state index contributed by atoms with van der Waals surface area (Å²) in [5.74, 6) is -3.49. The fraction of sp³-hybridized carbons (Fsp3) is 0.553. The van der Waals surface area contributed by atoms with Crippen LogP contribution in [0, 0.1) is 22.7 Å². The second kappa shape index (κ2) is 22.5. The third-order valence-electron chi connectivity index (χ3n) is 11.3. The second-order valence-electron chi connectivity index (χ2n) is 19.0. The summed E-state index contributed by atoms with van der Waals surface area (Å²) in [5.41, 5.74) is 0.731. The number of cyclic esters (lactones) is 1. The largest absolute Gasteiger partial charge is 0.495 e. The van der Waals surface area contributed by atoms with Gasteiger partial charge in [0.25, 0.3) is 0 Å². The van der Waals surface area contributed by atoms with E-state index in [-0.39, 0.29) is 56.4 Å². The summed E-state index contributed by atoms with van der Waals surface area (Å²) >= 11 is 6.37. The van der Waals surface area contributed by atoms with E-state index in [0.29, 0.717) is 16.3 Å². The van der Waals surface area contributed by atoms with Crippen LogP contribution in [0.1, 0.15) is 97.9 Å². The predicted molar refractivity (Wildman–Crippen MR) is 243 cm³/mol. The fourth-order valence-electron chi connectivity index (χ4n) is 7.29. The summed E-state index contributed by atoms with van der Waals surface area (Å²) in [6.45, 7) is 16.0. The number of epoxide rings is 1. The van der Waals surface area contributed by atoms with Crippen molar-refractivity contribution in [1.29, 1.82) is 0 Å². The number of amides is 6. The van der Waals surface area contributed by atoms with Crippen LogP contribution in [0.4, 0.5) is 4.79 Å². The normalized spacial score (nSPS) is 23.6. The van der Waals surface area contributed by atoms with Crippen molar-refractivity contribution in [2.24, 2.45) is 22.7 Å². The zero-order chi connectivity index (χ0) is 48.4. The van der Waals surface area contributed by atoms with Gasteiger partial charge in [-0.15, -0.1) is 0 Å². The highest BCUT2D eigenvalue weighted by atomic mass is 35.5. The Morgan fingerprint density at radius 1 is 0.938 bits per heavy atom. The number of hydrogen-bond acceptors (Lipinski definition) is 10. The molecule has 2 heterocycles. The minimum absolute atomic E-state index is 0.0934. The van der Waals surface area contributed by atoms with Gasteiger partial charge in [0.1, 0.15) is 42.1 Å². The minimum atomic E-state index is -1.34. The van der Waals surface area contributed by atoms with Crippen molar-refractivity contribution in [1.82, 2.24) is 31.9 Å². The molecule has 0 bridgehead atoms. The number of ether oxygens (including phenoxy) is 3. The van der Waals surface area contributed by atoms with Gasteiger partial charge in [0.2, 0.25) is 29.5 Å². The van der Waals surface area contributed by atoms with Crippen LogP contribution in [0.25, 0.3) is 0 Å². The Morgan fingerprint density at radius 2 is 1.60 bits per heavy atom. The van der Waals surface area contributed by atoms with Gasteiger partial charge in [0, 0.05) is 31.8 Å². The first-order valence-corrected chi connectivity index (χ1v) is 22.2. The van der Waals surface area contributed by atoms with Gasteiger partial charge in [-0.25, -0.2) is 9.59 Å². The van der Waals surface area contributed by atoms with E-state index in [4.69, 9.17) is 30.9 Å². The molecule has 2 aromatic rings. The molecule has 0 aliphatic carbocycles. The lowest BCUT2D eigenvalue weighted by Crippen LogP contribution is -2.54. The first-order valence-electron chi connectivity index (χ1n) is 21.8. The monoisotopic (exact) mass is 924 g/mol. The minimum Gasteiger partial charge on any atom is -0.495 e. The van der Waals surface area contributed by atoms with Gasteiger partial charge in [0.05, 0.1) is 23.7 Å². The van der Waals surface area contributed by atoms with E-state index >= 15 is 0 Å². The van der Waals surface area contributed by atoms with Crippen molar-refractivity contribution in [2.75, 3.05) is 13.7 Å². The number of methoxy groups -OCH3 is 1. The molecule has 6 amide bonds. The molecule has 2 aromatic carbocycles. The Morgan fingerprint density at radius 3 is 2.20 bits per heavy atom. The van der Waals surface area contributed by atoms with Crippen LogP contribution in [-0.2, 0) is 51.2 Å². The molecule has 18 heteroatoms. The molecule has 1 fully saturated rings. The maximum absolute atomic E-state index is 14.0. The SMILES string of the molecule is COc1ccc(C[C@H]2NC(=O)/C=C/C[C@@H](C(C)[C@H]3O[C@@H]3c3ccc(CNC(=O)C(C)NC(=O)C(NC(=O)O)C(C)C)cc3)OC(=O)[C@H](CC(C)(C)C)NC(=O)C(C)(C)CNC2=O)cc1Cl.